The Bertz CT molecular complexity index is 1230. The van der Waals surface area contributed by atoms with Gasteiger partial charge in [0.25, 0.3) is 11.6 Å². The monoisotopic (exact) mass is 417 g/mol. The van der Waals surface area contributed by atoms with Gasteiger partial charge in [-0.15, -0.1) is 0 Å². The molecule has 0 unspecified atom stereocenters. The number of methoxy groups -OCH3 is 1. The van der Waals surface area contributed by atoms with Crippen LogP contribution in [0.4, 0.5) is 5.69 Å². The molecule has 2 aromatic heterocycles. The van der Waals surface area contributed by atoms with Gasteiger partial charge in [0.2, 0.25) is 0 Å². The summed E-state index contributed by atoms with van der Waals surface area (Å²) in [5, 5.41) is 7.03. The molecular weight excluding hydrogens is 398 g/mol. The average molecular weight is 417 g/mol. The van der Waals surface area contributed by atoms with E-state index in [-0.39, 0.29) is 11.3 Å². The SMILES string of the molecule is COc1ccc(NC(=O)COC(=O)c2cc(-c3ccccc3)nc3onc(C)c23)cc1. The molecule has 0 aliphatic rings. The molecule has 0 saturated carbocycles. The Morgan fingerprint density at radius 2 is 1.81 bits per heavy atom. The van der Waals surface area contributed by atoms with Crippen molar-refractivity contribution in [2.45, 2.75) is 6.92 Å². The fourth-order valence-electron chi connectivity index (χ4n) is 3.09. The van der Waals surface area contributed by atoms with E-state index in [9.17, 15) is 9.59 Å². The third kappa shape index (κ3) is 4.37. The average Bonchev–Trinajstić information content (AvgIpc) is 3.18. The first-order valence-electron chi connectivity index (χ1n) is 9.48. The lowest BCUT2D eigenvalue weighted by atomic mass is 10.1. The molecule has 8 heteroatoms. The Morgan fingerprint density at radius 3 is 2.52 bits per heavy atom. The molecule has 0 bridgehead atoms. The highest BCUT2D eigenvalue weighted by molar-refractivity contribution is 6.05. The van der Waals surface area contributed by atoms with Gasteiger partial charge in [-0.05, 0) is 37.3 Å². The molecule has 156 valence electrons. The molecule has 1 amide bonds. The van der Waals surface area contributed by atoms with Gasteiger partial charge in [0, 0.05) is 11.3 Å². The lowest BCUT2D eigenvalue weighted by Crippen LogP contribution is -2.21. The van der Waals surface area contributed by atoms with Crippen molar-refractivity contribution in [3.8, 4) is 17.0 Å². The third-order valence-corrected chi connectivity index (χ3v) is 4.61. The first kappa shape index (κ1) is 20.1. The van der Waals surface area contributed by atoms with Crippen LogP contribution in [0.15, 0.2) is 65.2 Å². The van der Waals surface area contributed by atoms with Crippen LogP contribution in [0.3, 0.4) is 0 Å². The van der Waals surface area contributed by atoms with E-state index in [1.165, 1.54) is 0 Å². The second kappa shape index (κ2) is 8.66. The van der Waals surface area contributed by atoms with Gasteiger partial charge in [0.15, 0.2) is 6.61 Å². The van der Waals surface area contributed by atoms with Crippen molar-refractivity contribution in [2.75, 3.05) is 19.0 Å². The molecule has 0 atom stereocenters. The number of rotatable bonds is 6. The normalized spacial score (nSPS) is 10.6. The first-order chi connectivity index (χ1) is 15.0. The molecule has 0 aliphatic carbocycles. The van der Waals surface area contributed by atoms with Crippen LogP contribution < -0.4 is 10.1 Å². The number of anilines is 1. The molecule has 1 N–H and O–H groups in total. The summed E-state index contributed by atoms with van der Waals surface area (Å²) in [7, 11) is 1.56. The van der Waals surface area contributed by atoms with Gasteiger partial charge in [0.1, 0.15) is 5.75 Å². The molecule has 0 saturated heterocycles. The van der Waals surface area contributed by atoms with Gasteiger partial charge >= 0.3 is 5.97 Å². The molecule has 31 heavy (non-hydrogen) atoms. The Balaban J connectivity index is 1.52. The zero-order chi connectivity index (χ0) is 21.8. The minimum atomic E-state index is -0.666. The molecule has 0 radical (unpaired) electrons. The highest BCUT2D eigenvalue weighted by Crippen LogP contribution is 2.27. The van der Waals surface area contributed by atoms with E-state index < -0.39 is 18.5 Å². The Hall–Kier alpha value is -4.20. The van der Waals surface area contributed by atoms with Gasteiger partial charge in [0.05, 0.1) is 29.4 Å². The minimum absolute atomic E-state index is 0.230. The summed E-state index contributed by atoms with van der Waals surface area (Å²) in [6.07, 6.45) is 0. The fourth-order valence-corrected chi connectivity index (χ4v) is 3.09. The summed E-state index contributed by atoms with van der Waals surface area (Å²) in [5.41, 5.74) is 2.89. The standard InChI is InChI=1S/C23H19N3O5/c1-14-21-18(12-19(25-22(21)31-26-14)15-6-4-3-5-7-15)23(28)30-13-20(27)24-16-8-10-17(29-2)11-9-16/h3-12H,13H2,1-2H3,(H,24,27). The number of esters is 1. The summed E-state index contributed by atoms with van der Waals surface area (Å²) in [6.45, 7) is 1.27. The van der Waals surface area contributed by atoms with Crippen LogP contribution in [0.25, 0.3) is 22.4 Å². The van der Waals surface area contributed by atoms with Crippen molar-refractivity contribution in [3.63, 3.8) is 0 Å². The maximum atomic E-state index is 12.8. The van der Waals surface area contributed by atoms with Crippen LogP contribution in [-0.4, -0.2) is 35.7 Å². The zero-order valence-corrected chi connectivity index (χ0v) is 16.9. The summed E-state index contributed by atoms with van der Waals surface area (Å²) in [6, 6.07) is 17.8. The fraction of sp³-hybridized carbons (Fsp3) is 0.130. The van der Waals surface area contributed by atoms with Crippen LogP contribution in [0, 0.1) is 6.92 Å². The van der Waals surface area contributed by atoms with Crippen LogP contribution in [-0.2, 0) is 9.53 Å². The Kier molecular flexibility index (Phi) is 5.61. The van der Waals surface area contributed by atoms with E-state index in [0.717, 1.165) is 5.56 Å². The molecule has 0 fully saturated rings. The molecule has 2 heterocycles. The van der Waals surface area contributed by atoms with E-state index in [2.05, 4.69) is 15.5 Å². The number of nitrogens with one attached hydrogen (secondary N) is 1. The number of nitrogens with zero attached hydrogens (tertiary/aromatic N) is 2. The number of hydrogen-bond acceptors (Lipinski definition) is 7. The van der Waals surface area contributed by atoms with Crippen LogP contribution >= 0.6 is 0 Å². The number of hydrogen-bond donors (Lipinski definition) is 1. The Morgan fingerprint density at radius 1 is 1.06 bits per heavy atom. The van der Waals surface area contributed by atoms with Gasteiger partial charge < -0.3 is 19.3 Å². The number of benzene rings is 2. The summed E-state index contributed by atoms with van der Waals surface area (Å²) in [5.74, 6) is -0.459. The molecule has 0 spiro atoms. The highest BCUT2D eigenvalue weighted by Gasteiger charge is 2.21. The van der Waals surface area contributed by atoms with E-state index in [1.807, 2.05) is 30.3 Å². The number of carbonyl (C=O) groups excluding carboxylic acids is 2. The molecule has 2 aromatic carbocycles. The molecule has 0 aliphatic heterocycles. The predicted molar refractivity (Wildman–Crippen MR) is 114 cm³/mol. The van der Waals surface area contributed by atoms with Gasteiger partial charge in [-0.25, -0.2) is 9.78 Å². The lowest BCUT2D eigenvalue weighted by molar-refractivity contribution is -0.119. The quantitative estimate of drug-likeness (QED) is 0.473. The maximum absolute atomic E-state index is 12.8. The predicted octanol–water partition coefficient (Wildman–Crippen LogP) is 4.00. The first-order valence-corrected chi connectivity index (χ1v) is 9.48. The van der Waals surface area contributed by atoms with Crippen molar-refractivity contribution in [3.05, 3.63) is 71.9 Å². The molecule has 8 nitrogen and oxygen atoms in total. The smallest absolute Gasteiger partial charge is 0.339 e. The molecule has 4 rings (SSSR count). The van der Waals surface area contributed by atoms with Crippen molar-refractivity contribution < 1.29 is 23.6 Å². The summed E-state index contributed by atoms with van der Waals surface area (Å²) in [4.78, 5) is 29.5. The number of ether oxygens (including phenoxy) is 2. The van der Waals surface area contributed by atoms with Crippen LogP contribution in [0.2, 0.25) is 0 Å². The van der Waals surface area contributed by atoms with Gasteiger partial charge in [-0.1, -0.05) is 35.5 Å². The number of carbonyl (C=O) groups is 2. The lowest BCUT2D eigenvalue weighted by Gasteiger charge is -2.09. The van der Waals surface area contributed by atoms with Crippen LogP contribution in [0.1, 0.15) is 16.1 Å². The molecular formula is C23H19N3O5. The minimum Gasteiger partial charge on any atom is -0.497 e. The van der Waals surface area contributed by atoms with E-state index in [4.69, 9.17) is 14.0 Å². The van der Waals surface area contributed by atoms with Crippen molar-refractivity contribution in [2.24, 2.45) is 0 Å². The van der Waals surface area contributed by atoms with E-state index in [1.54, 1.807) is 44.4 Å². The number of amides is 1. The highest BCUT2D eigenvalue weighted by atomic mass is 16.5. The maximum Gasteiger partial charge on any atom is 0.339 e. The topological polar surface area (TPSA) is 104 Å². The number of pyridine rings is 1. The second-order valence-electron chi connectivity index (χ2n) is 6.72. The van der Waals surface area contributed by atoms with E-state index >= 15 is 0 Å². The number of aryl methyl sites for hydroxylation is 1. The van der Waals surface area contributed by atoms with Crippen molar-refractivity contribution in [1.29, 1.82) is 0 Å². The van der Waals surface area contributed by atoms with Gasteiger partial charge in [-0.3, -0.25) is 4.79 Å². The second-order valence-corrected chi connectivity index (χ2v) is 6.72. The van der Waals surface area contributed by atoms with Crippen molar-refractivity contribution in [1.82, 2.24) is 10.1 Å². The number of aromatic nitrogens is 2. The summed E-state index contributed by atoms with van der Waals surface area (Å²) >= 11 is 0. The third-order valence-electron chi connectivity index (χ3n) is 4.61. The van der Waals surface area contributed by atoms with Gasteiger partial charge in [-0.2, -0.15) is 0 Å². The Labute approximate surface area is 177 Å². The van der Waals surface area contributed by atoms with E-state index in [0.29, 0.717) is 28.2 Å². The van der Waals surface area contributed by atoms with Crippen LogP contribution in [0.5, 0.6) is 5.75 Å². The zero-order valence-electron chi connectivity index (χ0n) is 16.9. The molecule has 4 aromatic rings. The largest absolute Gasteiger partial charge is 0.497 e. The van der Waals surface area contributed by atoms with Crippen molar-refractivity contribution >= 4 is 28.7 Å². The summed E-state index contributed by atoms with van der Waals surface area (Å²) < 4.78 is 15.6. The number of fused-ring (bicyclic) bond motifs is 1.